The zero-order valence-corrected chi connectivity index (χ0v) is 16.8. The lowest BCUT2D eigenvalue weighted by molar-refractivity contribution is -0.119. The van der Waals surface area contributed by atoms with Crippen LogP contribution in [0.15, 0.2) is 66.0 Å². The van der Waals surface area contributed by atoms with Gasteiger partial charge in [0.05, 0.1) is 20.2 Å². The second-order valence-corrected chi connectivity index (χ2v) is 7.59. The van der Waals surface area contributed by atoms with Crippen LogP contribution in [-0.4, -0.2) is 31.5 Å². The normalized spacial score (nSPS) is 10.9. The summed E-state index contributed by atoms with van der Waals surface area (Å²) in [6, 6.07) is 17.9. The van der Waals surface area contributed by atoms with Crippen LogP contribution in [0, 0.1) is 5.82 Å². The summed E-state index contributed by atoms with van der Waals surface area (Å²) in [5.74, 6) is 0.494. The third kappa shape index (κ3) is 5.41. The van der Waals surface area contributed by atoms with E-state index < -0.39 is 0 Å². The molecular formula is C22H23FN2O2S. The fraction of sp³-hybridized carbons (Fsp3) is 0.227. The van der Waals surface area contributed by atoms with E-state index in [1.807, 2.05) is 53.7 Å². The third-order valence-electron chi connectivity index (χ3n) is 4.35. The number of methoxy groups -OCH3 is 1. The van der Waals surface area contributed by atoms with Crippen molar-refractivity contribution >= 4 is 22.9 Å². The first-order chi connectivity index (χ1) is 13.5. The van der Waals surface area contributed by atoms with E-state index >= 15 is 0 Å². The molecule has 0 aliphatic carbocycles. The Morgan fingerprint density at radius 1 is 1.04 bits per heavy atom. The number of likely N-dealkylation sites (N-methyl/N-ethyl adjacent to an activating group) is 1. The summed E-state index contributed by atoms with van der Waals surface area (Å²) in [4.78, 5) is 17.9. The minimum atomic E-state index is -0.260. The molecule has 0 atom stereocenters. The minimum absolute atomic E-state index is 0.00294. The van der Waals surface area contributed by atoms with Gasteiger partial charge in [0, 0.05) is 17.1 Å². The number of nitrogens with zero attached hydrogens (tertiary/aromatic N) is 2. The van der Waals surface area contributed by atoms with Gasteiger partial charge in [0.1, 0.15) is 11.6 Å². The number of hydrogen-bond acceptors (Lipinski definition) is 4. The van der Waals surface area contributed by atoms with Crippen molar-refractivity contribution in [2.24, 2.45) is 0 Å². The van der Waals surface area contributed by atoms with Gasteiger partial charge < -0.3 is 9.64 Å². The Morgan fingerprint density at radius 3 is 2.36 bits per heavy atom. The third-order valence-corrected chi connectivity index (χ3v) is 5.21. The van der Waals surface area contributed by atoms with Crippen molar-refractivity contribution in [2.75, 3.05) is 25.6 Å². The lowest BCUT2D eigenvalue weighted by Gasteiger charge is -2.25. The van der Waals surface area contributed by atoms with Gasteiger partial charge in [-0.25, -0.2) is 4.39 Å². The fourth-order valence-corrected chi connectivity index (χ4v) is 3.61. The highest BCUT2D eigenvalue weighted by Crippen LogP contribution is 2.23. The van der Waals surface area contributed by atoms with Gasteiger partial charge in [-0.1, -0.05) is 18.2 Å². The Kier molecular flexibility index (Phi) is 6.79. The molecule has 0 N–H and O–H groups in total. The summed E-state index contributed by atoms with van der Waals surface area (Å²) in [6.07, 6.45) is 0. The van der Waals surface area contributed by atoms with Crippen molar-refractivity contribution < 1.29 is 13.9 Å². The molecule has 1 aromatic heterocycles. The molecule has 0 saturated carbocycles. The van der Waals surface area contributed by atoms with Gasteiger partial charge >= 0.3 is 0 Å². The number of carbonyl (C=O) groups is 1. The number of ether oxygens (including phenoxy) is 1. The highest BCUT2D eigenvalue weighted by Gasteiger charge is 2.19. The Hall–Kier alpha value is -2.70. The molecule has 0 aliphatic heterocycles. The van der Waals surface area contributed by atoms with Crippen molar-refractivity contribution in [1.82, 2.24) is 4.90 Å². The number of carbonyl (C=O) groups excluding carboxylic acids is 1. The van der Waals surface area contributed by atoms with Crippen molar-refractivity contribution in [1.29, 1.82) is 0 Å². The van der Waals surface area contributed by atoms with E-state index in [2.05, 4.69) is 0 Å². The van der Waals surface area contributed by atoms with Crippen molar-refractivity contribution in [3.63, 3.8) is 0 Å². The van der Waals surface area contributed by atoms with Crippen LogP contribution >= 0.6 is 11.3 Å². The maximum absolute atomic E-state index is 13.1. The second kappa shape index (κ2) is 9.48. The van der Waals surface area contributed by atoms with E-state index in [1.54, 1.807) is 35.5 Å². The highest BCUT2D eigenvalue weighted by molar-refractivity contribution is 7.09. The van der Waals surface area contributed by atoms with Gasteiger partial charge in [-0.05, 0) is 60.5 Å². The monoisotopic (exact) mass is 398 g/mol. The molecule has 0 unspecified atom stereocenters. The number of thiophene rings is 1. The van der Waals surface area contributed by atoms with Gasteiger partial charge in [-0.3, -0.25) is 9.69 Å². The fourth-order valence-electron chi connectivity index (χ4n) is 2.92. The molecule has 3 rings (SSSR count). The van der Waals surface area contributed by atoms with Crippen LogP contribution in [0.1, 0.15) is 10.4 Å². The SMILES string of the molecule is COc1ccc(N(Cc2cccs2)C(=O)CN(C)Cc2ccc(F)cc2)cc1. The number of halogens is 1. The van der Waals surface area contributed by atoms with Crippen molar-refractivity contribution in [3.8, 4) is 5.75 Å². The Labute approximate surface area is 168 Å². The maximum Gasteiger partial charge on any atom is 0.241 e. The summed E-state index contributed by atoms with van der Waals surface area (Å²) >= 11 is 1.63. The lowest BCUT2D eigenvalue weighted by atomic mass is 10.2. The average molecular weight is 399 g/mol. The van der Waals surface area contributed by atoms with Gasteiger partial charge in [-0.2, -0.15) is 0 Å². The van der Waals surface area contributed by atoms with Gasteiger partial charge in [0.15, 0.2) is 0 Å². The van der Waals surface area contributed by atoms with E-state index in [1.165, 1.54) is 12.1 Å². The highest BCUT2D eigenvalue weighted by atomic mass is 32.1. The first-order valence-electron chi connectivity index (χ1n) is 8.95. The summed E-state index contributed by atoms with van der Waals surface area (Å²) in [5.41, 5.74) is 1.79. The zero-order chi connectivity index (χ0) is 19.9. The van der Waals surface area contributed by atoms with E-state index in [4.69, 9.17) is 4.74 Å². The Morgan fingerprint density at radius 2 is 1.75 bits per heavy atom. The zero-order valence-electron chi connectivity index (χ0n) is 16.0. The molecule has 0 aliphatic rings. The van der Waals surface area contributed by atoms with Gasteiger partial charge in [-0.15, -0.1) is 11.3 Å². The number of rotatable bonds is 8. The van der Waals surface area contributed by atoms with Crippen molar-refractivity contribution in [2.45, 2.75) is 13.1 Å². The van der Waals surface area contributed by atoms with Gasteiger partial charge in [0.2, 0.25) is 5.91 Å². The van der Waals surface area contributed by atoms with E-state index in [0.717, 1.165) is 21.9 Å². The molecule has 3 aromatic rings. The molecule has 0 bridgehead atoms. The van der Waals surface area contributed by atoms with E-state index in [-0.39, 0.29) is 18.3 Å². The molecule has 1 amide bonds. The quantitative estimate of drug-likeness (QED) is 0.558. The molecule has 4 nitrogen and oxygen atoms in total. The van der Waals surface area contributed by atoms with Crippen LogP contribution in [0.4, 0.5) is 10.1 Å². The van der Waals surface area contributed by atoms with Gasteiger partial charge in [0.25, 0.3) is 0 Å². The number of amides is 1. The second-order valence-electron chi connectivity index (χ2n) is 6.56. The van der Waals surface area contributed by atoms with Crippen LogP contribution in [0.2, 0.25) is 0 Å². The summed E-state index contributed by atoms with van der Waals surface area (Å²) in [5, 5.41) is 2.01. The molecule has 0 saturated heterocycles. The standard InChI is InChI=1S/C22H23FN2O2S/c1-24(14-17-5-7-18(23)8-6-17)16-22(26)25(15-21-4-3-13-28-21)19-9-11-20(27-2)12-10-19/h3-13H,14-16H2,1-2H3. The maximum atomic E-state index is 13.1. The molecular weight excluding hydrogens is 375 g/mol. The minimum Gasteiger partial charge on any atom is -0.497 e. The molecule has 146 valence electrons. The molecule has 0 radical (unpaired) electrons. The first kappa shape index (κ1) is 20.0. The molecule has 28 heavy (non-hydrogen) atoms. The van der Waals surface area contributed by atoms with E-state index in [9.17, 15) is 9.18 Å². The van der Waals surface area contributed by atoms with Crippen LogP contribution in [-0.2, 0) is 17.9 Å². The summed E-state index contributed by atoms with van der Waals surface area (Å²) in [6.45, 7) is 1.35. The van der Waals surface area contributed by atoms with Crippen LogP contribution in [0.25, 0.3) is 0 Å². The van der Waals surface area contributed by atoms with Crippen LogP contribution < -0.4 is 9.64 Å². The lowest BCUT2D eigenvalue weighted by Crippen LogP contribution is -2.38. The Balaban J connectivity index is 1.72. The average Bonchev–Trinajstić information content (AvgIpc) is 3.21. The summed E-state index contributed by atoms with van der Waals surface area (Å²) < 4.78 is 18.3. The molecule has 2 aromatic carbocycles. The smallest absolute Gasteiger partial charge is 0.241 e. The molecule has 0 fully saturated rings. The predicted octanol–water partition coefficient (Wildman–Crippen LogP) is 4.56. The Bertz CT molecular complexity index is 880. The van der Waals surface area contributed by atoms with E-state index in [0.29, 0.717) is 13.1 Å². The number of benzene rings is 2. The van der Waals surface area contributed by atoms with Crippen molar-refractivity contribution in [3.05, 3.63) is 82.3 Å². The molecule has 0 spiro atoms. The predicted molar refractivity (Wildman–Crippen MR) is 111 cm³/mol. The number of hydrogen-bond donors (Lipinski definition) is 0. The van der Waals surface area contributed by atoms with Crippen LogP contribution in [0.5, 0.6) is 5.75 Å². The first-order valence-corrected chi connectivity index (χ1v) is 9.83. The largest absolute Gasteiger partial charge is 0.497 e. The topological polar surface area (TPSA) is 32.8 Å². The summed E-state index contributed by atoms with van der Waals surface area (Å²) in [7, 11) is 3.51. The molecule has 6 heteroatoms. The molecule has 1 heterocycles. The van der Waals surface area contributed by atoms with Crippen LogP contribution in [0.3, 0.4) is 0 Å². The number of anilines is 1.